The van der Waals surface area contributed by atoms with Gasteiger partial charge in [-0.2, -0.15) is 0 Å². The van der Waals surface area contributed by atoms with Crippen molar-refractivity contribution >= 4 is 5.69 Å². The van der Waals surface area contributed by atoms with Crippen LogP contribution in [0.25, 0.3) is 0 Å². The lowest BCUT2D eigenvalue weighted by molar-refractivity contribution is -0.384. The van der Waals surface area contributed by atoms with Gasteiger partial charge in [-0.15, -0.1) is 0 Å². The van der Waals surface area contributed by atoms with Gasteiger partial charge in [0.15, 0.2) is 0 Å². The Morgan fingerprint density at radius 2 is 1.91 bits per heavy atom. The van der Waals surface area contributed by atoms with Gasteiger partial charge in [0.1, 0.15) is 5.75 Å². The van der Waals surface area contributed by atoms with Crippen LogP contribution in [0.4, 0.5) is 5.69 Å². The fraction of sp³-hybridized carbons (Fsp3) is 0.294. The highest BCUT2D eigenvalue weighted by Gasteiger charge is 2.14. The summed E-state index contributed by atoms with van der Waals surface area (Å²) in [5, 5.41) is 10.9. The zero-order valence-electron chi connectivity index (χ0n) is 12.8. The van der Waals surface area contributed by atoms with Gasteiger partial charge in [-0.3, -0.25) is 10.1 Å². The van der Waals surface area contributed by atoms with E-state index in [1.807, 2.05) is 31.2 Å². The van der Waals surface area contributed by atoms with Crippen molar-refractivity contribution in [2.24, 2.45) is 5.73 Å². The number of benzene rings is 2. The molecule has 2 rings (SSSR count). The third kappa shape index (κ3) is 3.83. The van der Waals surface area contributed by atoms with Crippen LogP contribution in [0.3, 0.4) is 0 Å². The molecule has 2 N–H and O–H groups in total. The quantitative estimate of drug-likeness (QED) is 0.653. The molecule has 0 saturated heterocycles. The first-order valence-corrected chi connectivity index (χ1v) is 7.14. The summed E-state index contributed by atoms with van der Waals surface area (Å²) in [7, 11) is 1.63. The average Bonchev–Trinajstić information content (AvgIpc) is 2.53. The Morgan fingerprint density at radius 3 is 2.50 bits per heavy atom. The summed E-state index contributed by atoms with van der Waals surface area (Å²) in [5.74, 6) is 0.822. The maximum atomic E-state index is 10.9. The number of hydrogen-bond acceptors (Lipinski definition) is 4. The van der Waals surface area contributed by atoms with Gasteiger partial charge < -0.3 is 10.5 Å². The van der Waals surface area contributed by atoms with Gasteiger partial charge in [-0.25, -0.2) is 0 Å². The third-order valence-electron chi connectivity index (χ3n) is 3.78. The van der Waals surface area contributed by atoms with Crippen molar-refractivity contribution in [2.45, 2.75) is 25.8 Å². The lowest BCUT2D eigenvalue weighted by atomic mass is 9.96. The number of hydrogen-bond donors (Lipinski definition) is 1. The highest BCUT2D eigenvalue weighted by Crippen LogP contribution is 2.25. The summed E-state index contributed by atoms with van der Waals surface area (Å²) in [5.41, 5.74) is 9.29. The number of aryl methyl sites for hydroxylation is 2. The molecule has 5 nitrogen and oxygen atoms in total. The molecule has 0 radical (unpaired) electrons. The summed E-state index contributed by atoms with van der Waals surface area (Å²) in [6.45, 7) is 1.92. The van der Waals surface area contributed by atoms with Gasteiger partial charge in [0.05, 0.1) is 12.0 Å². The molecule has 22 heavy (non-hydrogen) atoms. The van der Waals surface area contributed by atoms with Crippen LogP contribution in [0, 0.1) is 17.0 Å². The van der Waals surface area contributed by atoms with Crippen LogP contribution in [-0.4, -0.2) is 12.0 Å². The van der Waals surface area contributed by atoms with Crippen LogP contribution >= 0.6 is 0 Å². The van der Waals surface area contributed by atoms with E-state index in [1.54, 1.807) is 19.2 Å². The Kier molecular flexibility index (Phi) is 5.12. The van der Waals surface area contributed by atoms with Crippen molar-refractivity contribution in [3.05, 3.63) is 69.3 Å². The number of nitrogens with zero attached hydrogens (tertiary/aromatic N) is 1. The zero-order valence-corrected chi connectivity index (χ0v) is 12.8. The summed E-state index contributed by atoms with van der Waals surface area (Å²) in [6, 6.07) is 12.5. The molecule has 0 aliphatic rings. The van der Waals surface area contributed by atoms with E-state index in [0.717, 1.165) is 29.7 Å². The average molecular weight is 300 g/mol. The van der Waals surface area contributed by atoms with Crippen LogP contribution < -0.4 is 10.5 Å². The molecule has 116 valence electrons. The highest BCUT2D eigenvalue weighted by atomic mass is 16.6. The Balaban J connectivity index is 2.06. The van der Waals surface area contributed by atoms with E-state index in [2.05, 4.69) is 0 Å². The minimum Gasteiger partial charge on any atom is -0.497 e. The predicted molar refractivity (Wildman–Crippen MR) is 86.1 cm³/mol. The monoisotopic (exact) mass is 300 g/mol. The first-order chi connectivity index (χ1) is 10.5. The van der Waals surface area contributed by atoms with E-state index in [4.69, 9.17) is 10.5 Å². The van der Waals surface area contributed by atoms with Crippen molar-refractivity contribution in [1.29, 1.82) is 0 Å². The largest absolute Gasteiger partial charge is 0.497 e. The Bertz CT molecular complexity index is 653. The smallest absolute Gasteiger partial charge is 0.269 e. The molecule has 0 saturated carbocycles. The summed E-state index contributed by atoms with van der Waals surface area (Å²) in [6.07, 6.45) is 1.54. The van der Waals surface area contributed by atoms with Gasteiger partial charge in [-0.1, -0.05) is 18.2 Å². The first kappa shape index (κ1) is 16.0. The number of methoxy groups -OCH3 is 1. The standard InChI is InChI=1S/C17H20N2O3/c1-12-3-7-14(19(20)21)11-16(12)17(18)10-6-13-4-8-15(22-2)9-5-13/h3-5,7-9,11,17H,6,10,18H2,1-2H3. The lowest BCUT2D eigenvalue weighted by Gasteiger charge is -2.14. The molecule has 0 spiro atoms. The van der Waals surface area contributed by atoms with E-state index in [9.17, 15) is 10.1 Å². The summed E-state index contributed by atoms with van der Waals surface area (Å²) in [4.78, 5) is 10.5. The van der Waals surface area contributed by atoms with Crippen LogP contribution in [0.1, 0.15) is 29.2 Å². The SMILES string of the molecule is COc1ccc(CCC(N)c2cc([N+](=O)[O-])ccc2C)cc1. The van der Waals surface area contributed by atoms with Crippen molar-refractivity contribution < 1.29 is 9.66 Å². The molecule has 0 bridgehead atoms. The number of nitro groups is 1. The van der Waals surface area contributed by atoms with E-state index in [1.165, 1.54) is 11.6 Å². The number of nitrogens with two attached hydrogens (primary N) is 1. The molecule has 1 unspecified atom stereocenters. The Hall–Kier alpha value is -2.40. The number of ether oxygens (including phenoxy) is 1. The van der Waals surface area contributed by atoms with Crippen molar-refractivity contribution in [1.82, 2.24) is 0 Å². The van der Waals surface area contributed by atoms with Crippen LogP contribution in [-0.2, 0) is 6.42 Å². The second kappa shape index (κ2) is 7.04. The molecular formula is C17H20N2O3. The van der Waals surface area contributed by atoms with Crippen molar-refractivity contribution in [3.63, 3.8) is 0 Å². The van der Waals surface area contributed by atoms with Gasteiger partial charge >= 0.3 is 0 Å². The molecule has 5 heteroatoms. The van der Waals surface area contributed by atoms with E-state index < -0.39 is 0 Å². The van der Waals surface area contributed by atoms with Crippen LogP contribution in [0.15, 0.2) is 42.5 Å². The minimum absolute atomic E-state index is 0.0838. The fourth-order valence-electron chi connectivity index (χ4n) is 2.41. The Morgan fingerprint density at radius 1 is 1.23 bits per heavy atom. The normalized spacial score (nSPS) is 12.0. The predicted octanol–water partition coefficient (Wildman–Crippen LogP) is 3.54. The first-order valence-electron chi connectivity index (χ1n) is 7.14. The molecule has 0 heterocycles. The fourth-order valence-corrected chi connectivity index (χ4v) is 2.41. The zero-order chi connectivity index (χ0) is 16.1. The molecule has 0 aromatic heterocycles. The van der Waals surface area contributed by atoms with E-state index in [-0.39, 0.29) is 16.7 Å². The van der Waals surface area contributed by atoms with Gasteiger partial charge in [-0.05, 0) is 48.6 Å². The molecule has 2 aromatic carbocycles. The maximum Gasteiger partial charge on any atom is 0.269 e. The molecular weight excluding hydrogens is 280 g/mol. The van der Waals surface area contributed by atoms with Crippen LogP contribution in [0.5, 0.6) is 5.75 Å². The maximum absolute atomic E-state index is 10.9. The van der Waals surface area contributed by atoms with E-state index in [0.29, 0.717) is 0 Å². The van der Waals surface area contributed by atoms with Crippen molar-refractivity contribution in [2.75, 3.05) is 7.11 Å². The highest BCUT2D eigenvalue weighted by molar-refractivity contribution is 5.41. The second-order valence-electron chi connectivity index (χ2n) is 5.29. The van der Waals surface area contributed by atoms with Gasteiger partial charge in [0.25, 0.3) is 5.69 Å². The number of nitro benzene ring substituents is 1. The summed E-state index contributed by atoms with van der Waals surface area (Å²) < 4.78 is 5.13. The van der Waals surface area contributed by atoms with Crippen LogP contribution in [0.2, 0.25) is 0 Å². The Labute approximate surface area is 129 Å². The molecule has 2 aromatic rings. The number of non-ortho nitro benzene ring substituents is 1. The lowest BCUT2D eigenvalue weighted by Crippen LogP contribution is -2.13. The van der Waals surface area contributed by atoms with E-state index >= 15 is 0 Å². The second-order valence-corrected chi connectivity index (χ2v) is 5.29. The number of rotatable bonds is 6. The minimum atomic E-state index is -0.390. The summed E-state index contributed by atoms with van der Waals surface area (Å²) >= 11 is 0. The molecule has 1 atom stereocenters. The molecule has 0 aliphatic carbocycles. The molecule has 0 fully saturated rings. The topological polar surface area (TPSA) is 78.4 Å². The molecule has 0 amide bonds. The van der Waals surface area contributed by atoms with Gasteiger partial charge in [0, 0.05) is 18.2 Å². The molecule has 0 aliphatic heterocycles. The van der Waals surface area contributed by atoms with Crippen molar-refractivity contribution in [3.8, 4) is 5.75 Å². The van der Waals surface area contributed by atoms with Gasteiger partial charge in [0.2, 0.25) is 0 Å². The third-order valence-corrected chi connectivity index (χ3v) is 3.78.